The highest BCUT2D eigenvalue weighted by molar-refractivity contribution is 5.76. The predicted molar refractivity (Wildman–Crippen MR) is 67.8 cm³/mol. The lowest BCUT2D eigenvalue weighted by Gasteiger charge is -2.32. The number of amidine groups is 1. The zero-order valence-corrected chi connectivity index (χ0v) is 10.2. The average molecular weight is 234 g/mol. The topological polar surface area (TPSA) is 27.1 Å². The van der Waals surface area contributed by atoms with Gasteiger partial charge in [0.15, 0.2) is 0 Å². The van der Waals surface area contributed by atoms with Crippen LogP contribution in [0.3, 0.4) is 0 Å². The largest absolute Gasteiger partial charge is 0.361 e. The second-order valence-corrected chi connectivity index (χ2v) is 4.85. The zero-order valence-electron chi connectivity index (χ0n) is 10.2. The van der Waals surface area contributed by atoms with Crippen LogP contribution < -0.4 is 0 Å². The molecule has 92 valence electrons. The lowest BCUT2D eigenvalue weighted by molar-refractivity contribution is 0.263. The lowest BCUT2D eigenvalue weighted by atomic mass is 9.90. The van der Waals surface area contributed by atoms with Crippen molar-refractivity contribution in [3.63, 3.8) is 0 Å². The maximum Gasteiger partial charge on any atom is 0.123 e. The third kappa shape index (κ3) is 3.29. The summed E-state index contributed by atoms with van der Waals surface area (Å²) in [4.78, 5) is 2.11. The highest BCUT2D eigenvalue weighted by atomic mass is 19.1. The minimum Gasteiger partial charge on any atom is -0.361 e. The maximum absolute atomic E-state index is 13.1. The summed E-state index contributed by atoms with van der Waals surface area (Å²) >= 11 is 0. The Hall–Kier alpha value is -1.38. The number of piperidine rings is 1. The summed E-state index contributed by atoms with van der Waals surface area (Å²) in [6.45, 7) is 3.78. The Kier molecular flexibility index (Phi) is 3.77. The fourth-order valence-corrected chi connectivity index (χ4v) is 2.47. The Morgan fingerprint density at radius 1 is 1.41 bits per heavy atom. The molecule has 0 aromatic heterocycles. The molecule has 1 aromatic rings. The molecule has 1 fully saturated rings. The number of nitrogens with zero attached hydrogens (tertiary/aromatic N) is 1. The van der Waals surface area contributed by atoms with Crippen LogP contribution in [0.15, 0.2) is 24.3 Å². The van der Waals surface area contributed by atoms with E-state index in [0.29, 0.717) is 11.8 Å². The smallest absolute Gasteiger partial charge is 0.123 e. The summed E-state index contributed by atoms with van der Waals surface area (Å²) in [5.41, 5.74) is 1.09. The van der Waals surface area contributed by atoms with Gasteiger partial charge >= 0.3 is 0 Å². The minimum absolute atomic E-state index is 0.143. The monoisotopic (exact) mass is 234 g/mol. The van der Waals surface area contributed by atoms with Gasteiger partial charge in [-0.2, -0.15) is 0 Å². The number of hydrogen-bond acceptors (Lipinski definition) is 1. The van der Waals surface area contributed by atoms with Crippen molar-refractivity contribution in [2.45, 2.75) is 26.2 Å². The quantitative estimate of drug-likeness (QED) is 0.618. The Morgan fingerprint density at radius 3 is 2.71 bits per heavy atom. The van der Waals surface area contributed by atoms with E-state index >= 15 is 0 Å². The van der Waals surface area contributed by atoms with Gasteiger partial charge in [0.05, 0.1) is 5.84 Å². The maximum atomic E-state index is 13.1. The molecule has 1 N–H and O–H groups in total. The first kappa shape index (κ1) is 12.1. The predicted octanol–water partition coefficient (Wildman–Crippen LogP) is 3.08. The lowest BCUT2D eigenvalue weighted by Crippen LogP contribution is -2.37. The van der Waals surface area contributed by atoms with E-state index in [9.17, 15) is 4.39 Å². The summed E-state index contributed by atoms with van der Waals surface area (Å²) in [7, 11) is 0. The van der Waals surface area contributed by atoms with Crippen molar-refractivity contribution in [2.24, 2.45) is 5.92 Å². The van der Waals surface area contributed by atoms with Crippen LogP contribution in [0.5, 0.6) is 0 Å². The number of halogens is 1. The van der Waals surface area contributed by atoms with Crippen molar-refractivity contribution in [1.82, 2.24) is 4.90 Å². The van der Waals surface area contributed by atoms with Gasteiger partial charge in [0.25, 0.3) is 0 Å². The fraction of sp³-hybridized carbons (Fsp3) is 0.500. The van der Waals surface area contributed by atoms with Crippen LogP contribution in [0.25, 0.3) is 0 Å². The van der Waals surface area contributed by atoms with E-state index in [1.165, 1.54) is 6.07 Å². The molecule has 2 nitrogen and oxygen atoms in total. The van der Waals surface area contributed by atoms with Gasteiger partial charge in [-0.25, -0.2) is 4.39 Å². The number of rotatable bonds is 2. The van der Waals surface area contributed by atoms with Crippen molar-refractivity contribution in [3.8, 4) is 0 Å². The summed E-state index contributed by atoms with van der Waals surface area (Å²) in [5, 5.41) is 7.58. The number of likely N-dealkylation sites (tertiary alicyclic amines) is 1. The molecule has 3 heteroatoms. The van der Waals surface area contributed by atoms with Crippen LogP contribution in [-0.4, -0.2) is 23.8 Å². The zero-order chi connectivity index (χ0) is 12.3. The number of hydrogen-bond donors (Lipinski definition) is 1. The molecular formula is C14H19FN2. The van der Waals surface area contributed by atoms with Crippen LogP contribution in [0.1, 0.15) is 25.3 Å². The third-order valence-corrected chi connectivity index (χ3v) is 3.50. The van der Waals surface area contributed by atoms with Gasteiger partial charge in [-0.05, 0) is 49.8 Å². The Bertz CT molecular complexity index is 395. The molecule has 0 radical (unpaired) electrons. The van der Waals surface area contributed by atoms with E-state index in [1.807, 2.05) is 13.0 Å². The Balaban J connectivity index is 1.88. The van der Waals surface area contributed by atoms with E-state index in [-0.39, 0.29) is 5.82 Å². The Labute approximate surface area is 102 Å². The van der Waals surface area contributed by atoms with Crippen molar-refractivity contribution >= 4 is 5.84 Å². The van der Waals surface area contributed by atoms with E-state index in [2.05, 4.69) is 4.90 Å². The minimum atomic E-state index is -0.143. The second-order valence-electron chi connectivity index (χ2n) is 4.85. The van der Waals surface area contributed by atoms with Gasteiger partial charge in [0, 0.05) is 13.1 Å². The Morgan fingerprint density at radius 2 is 2.12 bits per heavy atom. The van der Waals surface area contributed by atoms with E-state index < -0.39 is 0 Å². The van der Waals surface area contributed by atoms with Crippen molar-refractivity contribution in [3.05, 3.63) is 35.6 Å². The molecule has 0 atom stereocenters. The number of nitrogens with one attached hydrogen (secondary N) is 1. The summed E-state index contributed by atoms with van der Waals surface area (Å²) in [6.07, 6.45) is 3.17. The molecule has 17 heavy (non-hydrogen) atoms. The molecule has 1 heterocycles. The average Bonchev–Trinajstić information content (AvgIpc) is 2.29. The van der Waals surface area contributed by atoms with Gasteiger partial charge in [-0.15, -0.1) is 0 Å². The fourth-order valence-electron chi connectivity index (χ4n) is 2.47. The van der Waals surface area contributed by atoms with E-state index in [4.69, 9.17) is 5.41 Å². The van der Waals surface area contributed by atoms with Crippen LogP contribution in [0, 0.1) is 17.1 Å². The summed E-state index contributed by atoms with van der Waals surface area (Å²) < 4.78 is 13.1. The SMILES string of the molecule is CC(=N)N1CCC(Cc2cccc(F)c2)CC1. The van der Waals surface area contributed by atoms with Crippen molar-refractivity contribution < 1.29 is 4.39 Å². The van der Waals surface area contributed by atoms with E-state index in [0.717, 1.165) is 37.9 Å². The number of benzene rings is 1. The first-order valence-corrected chi connectivity index (χ1v) is 6.19. The molecule has 1 saturated heterocycles. The first-order valence-electron chi connectivity index (χ1n) is 6.19. The van der Waals surface area contributed by atoms with Crippen LogP contribution in [0.4, 0.5) is 4.39 Å². The van der Waals surface area contributed by atoms with Gasteiger partial charge < -0.3 is 4.90 Å². The highest BCUT2D eigenvalue weighted by Crippen LogP contribution is 2.22. The molecule has 1 aromatic carbocycles. The molecular weight excluding hydrogens is 215 g/mol. The second kappa shape index (κ2) is 5.30. The summed E-state index contributed by atoms with van der Waals surface area (Å²) in [5.74, 6) is 1.15. The standard InChI is InChI=1S/C14H19FN2/c1-11(16)17-7-5-12(6-8-17)9-13-3-2-4-14(15)10-13/h2-4,10,12,16H,5-9H2,1H3. The normalized spacial score (nSPS) is 17.2. The molecule has 0 aliphatic carbocycles. The summed E-state index contributed by atoms with van der Waals surface area (Å²) in [6, 6.07) is 6.90. The van der Waals surface area contributed by atoms with E-state index in [1.54, 1.807) is 12.1 Å². The van der Waals surface area contributed by atoms with Crippen molar-refractivity contribution in [1.29, 1.82) is 5.41 Å². The molecule has 2 rings (SSSR count). The van der Waals surface area contributed by atoms with Gasteiger partial charge in [0.1, 0.15) is 5.82 Å². The molecule has 0 bridgehead atoms. The van der Waals surface area contributed by atoms with Crippen LogP contribution >= 0.6 is 0 Å². The molecule has 0 spiro atoms. The van der Waals surface area contributed by atoms with Gasteiger partial charge in [-0.3, -0.25) is 5.41 Å². The van der Waals surface area contributed by atoms with Gasteiger partial charge in [0.2, 0.25) is 0 Å². The molecule has 0 saturated carbocycles. The van der Waals surface area contributed by atoms with Crippen molar-refractivity contribution in [2.75, 3.05) is 13.1 Å². The van der Waals surface area contributed by atoms with Crippen LogP contribution in [-0.2, 0) is 6.42 Å². The van der Waals surface area contributed by atoms with Crippen LogP contribution in [0.2, 0.25) is 0 Å². The van der Waals surface area contributed by atoms with Gasteiger partial charge in [-0.1, -0.05) is 12.1 Å². The first-order chi connectivity index (χ1) is 8.15. The third-order valence-electron chi connectivity index (χ3n) is 3.50. The highest BCUT2D eigenvalue weighted by Gasteiger charge is 2.19. The molecule has 0 amide bonds. The molecule has 1 aliphatic rings. The molecule has 1 aliphatic heterocycles. The molecule has 0 unspecified atom stereocenters.